The number of pyridine rings is 1. The van der Waals surface area contributed by atoms with Gasteiger partial charge in [-0.3, -0.25) is 9.78 Å². The number of methoxy groups -OCH3 is 1. The van der Waals surface area contributed by atoms with Crippen LogP contribution in [0.3, 0.4) is 0 Å². The SMILES string of the molecule is COc1cc(C)cc(Nc2c3c(nc4cc5c(cc24)OCCO5)CCCC3=O)c1. The molecule has 148 valence electrons. The van der Waals surface area contributed by atoms with Crippen molar-refractivity contribution in [2.45, 2.75) is 26.2 Å². The Kier molecular flexibility index (Phi) is 4.27. The van der Waals surface area contributed by atoms with E-state index in [1.807, 2.05) is 37.3 Å². The molecule has 0 saturated heterocycles. The lowest BCUT2D eigenvalue weighted by Crippen LogP contribution is -2.17. The van der Waals surface area contributed by atoms with Crippen LogP contribution in [0.5, 0.6) is 17.2 Å². The molecule has 3 aromatic rings. The van der Waals surface area contributed by atoms with Gasteiger partial charge in [-0.15, -0.1) is 0 Å². The van der Waals surface area contributed by atoms with Gasteiger partial charge in [0.05, 0.1) is 29.6 Å². The molecule has 0 amide bonds. The van der Waals surface area contributed by atoms with Crippen molar-refractivity contribution in [1.29, 1.82) is 0 Å². The van der Waals surface area contributed by atoms with Crippen molar-refractivity contribution in [1.82, 2.24) is 4.98 Å². The first-order valence-electron chi connectivity index (χ1n) is 9.84. The molecule has 1 aliphatic heterocycles. The predicted molar refractivity (Wildman–Crippen MR) is 111 cm³/mol. The molecule has 2 aromatic carbocycles. The number of nitrogens with one attached hydrogen (secondary N) is 1. The lowest BCUT2D eigenvalue weighted by Gasteiger charge is -2.23. The van der Waals surface area contributed by atoms with E-state index in [4.69, 9.17) is 19.2 Å². The van der Waals surface area contributed by atoms with Crippen molar-refractivity contribution in [2.24, 2.45) is 0 Å². The number of carbonyl (C=O) groups excluding carboxylic acids is 1. The van der Waals surface area contributed by atoms with Gasteiger partial charge in [-0.1, -0.05) is 0 Å². The lowest BCUT2D eigenvalue weighted by atomic mass is 9.91. The van der Waals surface area contributed by atoms with E-state index in [-0.39, 0.29) is 5.78 Å². The topological polar surface area (TPSA) is 69.7 Å². The minimum atomic E-state index is 0.123. The first kappa shape index (κ1) is 17.8. The Hall–Kier alpha value is -3.28. The molecule has 1 aliphatic carbocycles. The summed E-state index contributed by atoms with van der Waals surface area (Å²) < 4.78 is 16.9. The Morgan fingerprint density at radius 3 is 2.62 bits per heavy atom. The first-order chi connectivity index (χ1) is 14.1. The zero-order valence-corrected chi connectivity index (χ0v) is 16.5. The zero-order valence-electron chi connectivity index (χ0n) is 16.5. The van der Waals surface area contributed by atoms with E-state index < -0.39 is 0 Å². The Balaban J connectivity index is 1.74. The molecule has 2 aliphatic rings. The van der Waals surface area contributed by atoms with E-state index in [0.29, 0.717) is 36.7 Å². The third-order valence-electron chi connectivity index (χ3n) is 5.38. The minimum Gasteiger partial charge on any atom is -0.497 e. The van der Waals surface area contributed by atoms with Gasteiger partial charge in [-0.05, 0) is 43.5 Å². The van der Waals surface area contributed by atoms with Crippen LogP contribution in [-0.2, 0) is 6.42 Å². The van der Waals surface area contributed by atoms with Gasteiger partial charge in [0.25, 0.3) is 0 Å². The number of ketones is 1. The molecular weight excluding hydrogens is 368 g/mol. The zero-order chi connectivity index (χ0) is 20.0. The highest BCUT2D eigenvalue weighted by atomic mass is 16.6. The average molecular weight is 390 g/mol. The number of rotatable bonds is 3. The molecule has 0 saturated carbocycles. The van der Waals surface area contributed by atoms with Crippen molar-refractivity contribution in [3.63, 3.8) is 0 Å². The summed E-state index contributed by atoms with van der Waals surface area (Å²) in [5.74, 6) is 2.26. The van der Waals surface area contributed by atoms with Gasteiger partial charge in [0.15, 0.2) is 17.3 Å². The summed E-state index contributed by atoms with van der Waals surface area (Å²) in [6, 6.07) is 9.76. The van der Waals surface area contributed by atoms with Crippen LogP contribution in [0.2, 0.25) is 0 Å². The minimum absolute atomic E-state index is 0.123. The summed E-state index contributed by atoms with van der Waals surface area (Å²) in [6.07, 6.45) is 2.15. The number of nitrogens with zero attached hydrogens (tertiary/aromatic N) is 1. The highest BCUT2D eigenvalue weighted by molar-refractivity contribution is 6.11. The molecule has 5 rings (SSSR count). The number of aromatic nitrogens is 1. The molecule has 2 heterocycles. The molecule has 0 radical (unpaired) electrons. The molecule has 6 heteroatoms. The molecule has 0 unspecified atom stereocenters. The molecular formula is C23H22N2O4. The van der Waals surface area contributed by atoms with Crippen LogP contribution in [0.15, 0.2) is 30.3 Å². The smallest absolute Gasteiger partial charge is 0.166 e. The molecule has 0 fully saturated rings. The summed E-state index contributed by atoms with van der Waals surface area (Å²) in [4.78, 5) is 17.7. The van der Waals surface area contributed by atoms with Gasteiger partial charge < -0.3 is 19.5 Å². The van der Waals surface area contributed by atoms with Crippen molar-refractivity contribution in [3.8, 4) is 17.2 Å². The average Bonchev–Trinajstić information content (AvgIpc) is 2.72. The van der Waals surface area contributed by atoms with Gasteiger partial charge in [-0.25, -0.2) is 0 Å². The van der Waals surface area contributed by atoms with E-state index in [1.54, 1.807) is 7.11 Å². The Morgan fingerprint density at radius 1 is 1.03 bits per heavy atom. The second-order valence-corrected chi connectivity index (χ2v) is 7.46. The Labute approximate surface area is 168 Å². The van der Waals surface area contributed by atoms with Gasteiger partial charge in [0.1, 0.15) is 19.0 Å². The van der Waals surface area contributed by atoms with Crippen molar-refractivity contribution in [3.05, 3.63) is 47.2 Å². The number of carbonyl (C=O) groups is 1. The van der Waals surface area contributed by atoms with Crippen LogP contribution in [0.4, 0.5) is 11.4 Å². The number of benzene rings is 2. The van der Waals surface area contributed by atoms with E-state index >= 15 is 0 Å². The number of hydrogen-bond acceptors (Lipinski definition) is 6. The highest BCUT2D eigenvalue weighted by Gasteiger charge is 2.26. The second-order valence-electron chi connectivity index (χ2n) is 7.46. The Bertz CT molecular complexity index is 1140. The monoisotopic (exact) mass is 390 g/mol. The van der Waals surface area contributed by atoms with Crippen LogP contribution >= 0.6 is 0 Å². The summed E-state index contributed by atoms with van der Waals surface area (Å²) in [7, 11) is 1.65. The van der Waals surface area contributed by atoms with Gasteiger partial charge in [0.2, 0.25) is 0 Å². The summed E-state index contributed by atoms with van der Waals surface area (Å²) >= 11 is 0. The number of fused-ring (bicyclic) bond motifs is 3. The number of ether oxygens (including phenoxy) is 3. The van der Waals surface area contributed by atoms with Gasteiger partial charge in [0, 0.05) is 29.6 Å². The summed E-state index contributed by atoms with van der Waals surface area (Å²) in [5.41, 5.74) is 5.03. The molecule has 0 bridgehead atoms. The number of aryl methyl sites for hydroxylation is 2. The maximum Gasteiger partial charge on any atom is 0.166 e. The standard InChI is InChI=1S/C23H22N2O4/c1-13-8-14(10-15(9-13)27-2)24-23-16-11-20-21(29-7-6-28-20)12-18(16)25-17-4-3-5-19(26)22(17)23/h8-12H,3-7H2,1-2H3,(H,24,25). The normalized spacial score (nSPS) is 15.2. The van der Waals surface area contributed by atoms with Crippen LogP contribution < -0.4 is 19.5 Å². The highest BCUT2D eigenvalue weighted by Crippen LogP contribution is 2.41. The van der Waals surface area contributed by atoms with Crippen molar-refractivity contribution < 1.29 is 19.0 Å². The lowest BCUT2D eigenvalue weighted by molar-refractivity contribution is 0.0972. The number of hydrogen-bond donors (Lipinski definition) is 1. The van der Waals surface area contributed by atoms with E-state index in [0.717, 1.165) is 52.1 Å². The fraction of sp³-hybridized carbons (Fsp3) is 0.304. The molecule has 29 heavy (non-hydrogen) atoms. The maximum atomic E-state index is 12.9. The molecule has 0 atom stereocenters. The summed E-state index contributed by atoms with van der Waals surface area (Å²) in [6.45, 7) is 3.05. The maximum absolute atomic E-state index is 12.9. The fourth-order valence-corrected chi connectivity index (χ4v) is 4.09. The molecule has 6 nitrogen and oxygen atoms in total. The quantitative estimate of drug-likeness (QED) is 0.706. The predicted octanol–water partition coefficient (Wildman–Crippen LogP) is 4.59. The summed E-state index contributed by atoms with van der Waals surface area (Å²) in [5, 5.41) is 4.34. The van der Waals surface area contributed by atoms with Crippen LogP contribution in [0, 0.1) is 6.92 Å². The van der Waals surface area contributed by atoms with Gasteiger partial charge >= 0.3 is 0 Å². The van der Waals surface area contributed by atoms with Crippen molar-refractivity contribution >= 4 is 28.1 Å². The largest absolute Gasteiger partial charge is 0.497 e. The van der Waals surface area contributed by atoms with Crippen molar-refractivity contribution in [2.75, 3.05) is 25.6 Å². The number of anilines is 2. The van der Waals surface area contributed by atoms with Crippen LogP contribution in [0.25, 0.3) is 10.9 Å². The molecule has 1 N–H and O–H groups in total. The van der Waals surface area contributed by atoms with E-state index in [1.165, 1.54) is 0 Å². The molecule has 0 spiro atoms. The third-order valence-corrected chi connectivity index (χ3v) is 5.38. The molecule has 1 aromatic heterocycles. The van der Waals surface area contributed by atoms with Crippen LogP contribution in [0.1, 0.15) is 34.5 Å². The third kappa shape index (κ3) is 3.14. The van der Waals surface area contributed by atoms with Gasteiger partial charge in [-0.2, -0.15) is 0 Å². The first-order valence-corrected chi connectivity index (χ1v) is 9.84. The second kappa shape index (κ2) is 6.95. The Morgan fingerprint density at radius 2 is 1.83 bits per heavy atom. The van der Waals surface area contributed by atoms with Crippen LogP contribution in [-0.4, -0.2) is 31.1 Å². The van der Waals surface area contributed by atoms with E-state index in [9.17, 15) is 4.79 Å². The van der Waals surface area contributed by atoms with E-state index in [2.05, 4.69) is 5.32 Å². The fourth-order valence-electron chi connectivity index (χ4n) is 4.09. The number of Topliss-reactive ketones (excluding diaryl/α,β-unsaturated/α-hetero) is 1.